The van der Waals surface area contributed by atoms with Crippen molar-refractivity contribution in [3.8, 4) is 5.75 Å². The minimum absolute atomic E-state index is 0.322. The molecule has 2 aromatic carbocycles. The lowest BCUT2D eigenvalue weighted by Gasteiger charge is -2.29. The van der Waals surface area contributed by atoms with Gasteiger partial charge in [0.2, 0.25) is 0 Å². The second-order valence-corrected chi connectivity index (χ2v) is 8.96. The predicted molar refractivity (Wildman–Crippen MR) is 130 cm³/mol. The molecular weight excluding hydrogens is 461 g/mol. The number of amides is 2. The minimum atomic E-state index is -0.959. The van der Waals surface area contributed by atoms with Gasteiger partial charge >= 0.3 is 6.03 Å². The normalized spacial score (nSPS) is 17.8. The SMILES string of the molecule is O=C(NCc1ccc(Cl)cc1)N[C@H](CN1CC[C@@H](O)C1)[C@H](O)c1ccc(OCCCCF)cc1. The van der Waals surface area contributed by atoms with Crippen LogP contribution in [-0.4, -0.2) is 66.2 Å². The number of urea groups is 1. The van der Waals surface area contributed by atoms with Crippen molar-refractivity contribution >= 4 is 17.6 Å². The largest absolute Gasteiger partial charge is 0.494 e. The van der Waals surface area contributed by atoms with Crippen molar-refractivity contribution in [2.45, 2.75) is 44.1 Å². The highest BCUT2D eigenvalue weighted by Crippen LogP contribution is 2.22. The second kappa shape index (κ2) is 13.5. The number of nitrogens with zero attached hydrogens (tertiary/aromatic N) is 1. The van der Waals surface area contributed by atoms with Gasteiger partial charge in [0, 0.05) is 31.2 Å². The van der Waals surface area contributed by atoms with Crippen molar-refractivity contribution in [3.63, 3.8) is 0 Å². The van der Waals surface area contributed by atoms with Gasteiger partial charge in [-0.1, -0.05) is 35.9 Å². The average molecular weight is 494 g/mol. The molecule has 7 nitrogen and oxygen atoms in total. The first-order chi connectivity index (χ1) is 16.4. The molecule has 34 heavy (non-hydrogen) atoms. The van der Waals surface area contributed by atoms with Crippen LogP contribution >= 0.6 is 11.6 Å². The summed E-state index contributed by atoms with van der Waals surface area (Å²) in [4.78, 5) is 14.6. The first-order valence-corrected chi connectivity index (χ1v) is 12.0. The van der Waals surface area contributed by atoms with Crippen LogP contribution in [0.2, 0.25) is 5.02 Å². The van der Waals surface area contributed by atoms with Gasteiger partial charge in [0.05, 0.1) is 25.4 Å². The number of aliphatic hydroxyl groups is 2. The first kappa shape index (κ1) is 26.2. The number of halogens is 2. The zero-order valence-electron chi connectivity index (χ0n) is 19.1. The number of hydrogen-bond acceptors (Lipinski definition) is 5. The molecule has 1 aliphatic heterocycles. The maximum absolute atomic E-state index is 12.6. The number of carbonyl (C=O) groups is 1. The molecule has 2 aromatic rings. The smallest absolute Gasteiger partial charge is 0.315 e. The van der Waals surface area contributed by atoms with Crippen molar-refractivity contribution in [1.29, 1.82) is 0 Å². The molecule has 0 spiro atoms. The minimum Gasteiger partial charge on any atom is -0.494 e. The summed E-state index contributed by atoms with van der Waals surface area (Å²) >= 11 is 5.90. The lowest BCUT2D eigenvalue weighted by Crippen LogP contribution is -2.50. The van der Waals surface area contributed by atoms with Crippen molar-refractivity contribution in [1.82, 2.24) is 15.5 Å². The van der Waals surface area contributed by atoms with Crippen LogP contribution in [0.4, 0.5) is 9.18 Å². The van der Waals surface area contributed by atoms with Crippen molar-refractivity contribution in [2.75, 3.05) is 32.9 Å². The summed E-state index contributed by atoms with van der Waals surface area (Å²) < 4.78 is 17.8. The Balaban J connectivity index is 1.60. The molecule has 186 valence electrons. The second-order valence-electron chi connectivity index (χ2n) is 8.52. The lowest BCUT2D eigenvalue weighted by molar-refractivity contribution is 0.104. The van der Waals surface area contributed by atoms with E-state index in [1.54, 1.807) is 36.4 Å². The van der Waals surface area contributed by atoms with Gasteiger partial charge in [0.25, 0.3) is 0 Å². The highest BCUT2D eigenvalue weighted by Gasteiger charge is 2.29. The zero-order chi connectivity index (χ0) is 24.3. The van der Waals surface area contributed by atoms with Crippen LogP contribution in [0, 0.1) is 0 Å². The molecule has 1 saturated heterocycles. The molecule has 4 N–H and O–H groups in total. The number of unbranched alkanes of at least 4 members (excludes halogenated alkanes) is 1. The fourth-order valence-electron chi connectivity index (χ4n) is 3.86. The molecule has 3 atom stereocenters. The van der Waals surface area contributed by atoms with Gasteiger partial charge in [-0.3, -0.25) is 9.29 Å². The van der Waals surface area contributed by atoms with E-state index >= 15 is 0 Å². The zero-order valence-corrected chi connectivity index (χ0v) is 19.9. The van der Waals surface area contributed by atoms with Crippen LogP contribution in [0.1, 0.15) is 36.5 Å². The standard InChI is InChI=1S/C25H33ClFN3O4/c26-20-7-3-18(4-8-20)15-28-25(33)29-23(17-30-13-11-21(31)16-30)24(32)19-5-9-22(10-6-19)34-14-2-1-12-27/h3-10,21,23-24,31-32H,1-2,11-17H2,(H2,28,29,33)/t21-,23-,24-/m1/s1. The van der Waals surface area contributed by atoms with Gasteiger partial charge in [-0.05, 0) is 54.7 Å². The summed E-state index contributed by atoms with van der Waals surface area (Å²) in [6, 6.07) is 13.2. The Morgan fingerprint density at radius 2 is 1.91 bits per heavy atom. The van der Waals surface area contributed by atoms with Gasteiger partial charge in [-0.2, -0.15) is 0 Å². The van der Waals surface area contributed by atoms with E-state index in [4.69, 9.17) is 16.3 Å². The fourth-order valence-corrected chi connectivity index (χ4v) is 3.99. The van der Waals surface area contributed by atoms with Gasteiger partial charge in [-0.15, -0.1) is 0 Å². The maximum atomic E-state index is 12.6. The molecule has 0 aromatic heterocycles. The number of hydrogen-bond donors (Lipinski definition) is 4. The molecule has 0 radical (unpaired) electrons. The molecule has 9 heteroatoms. The summed E-state index contributed by atoms with van der Waals surface area (Å²) in [5, 5.41) is 27.3. The van der Waals surface area contributed by atoms with E-state index in [1.807, 2.05) is 17.0 Å². The summed E-state index contributed by atoms with van der Waals surface area (Å²) in [7, 11) is 0. The Morgan fingerprint density at radius 1 is 1.18 bits per heavy atom. The molecule has 0 aliphatic carbocycles. The van der Waals surface area contributed by atoms with Crippen LogP contribution in [0.15, 0.2) is 48.5 Å². The van der Waals surface area contributed by atoms with E-state index in [0.717, 1.165) is 5.56 Å². The number of ether oxygens (including phenoxy) is 1. The Labute approximate surface area is 204 Å². The van der Waals surface area contributed by atoms with Gasteiger partial charge in [-0.25, -0.2) is 4.79 Å². The summed E-state index contributed by atoms with van der Waals surface area (Å²) in [6.45, 7) is 2.00. The number of carbonyl (C=O) groups excluding carboxylic acids is 1. The summed E-state index contributed by atoms with van der Waals surface area (Å²) in [6.07, 6.45) is 0.416. The van der Waals surface area contributed by atoms with Crippen molar-refractivity contribution in [2.24, 2.45) is 0 Å². The van der Waals surface area contributed by atoms with E-state index in [1.165, 1.54) is 0 Å². The Hall–Kier alpha value is -2.39. The lowest BCUT2D eigenvalue weighted by atomic mass is 10.0. The highest BCUT2D eigenvalue weighted by molar-refractivity contribution is 6.30. The monoisotopic (exact) mass is 493 g/mol. The Bertz CT molecular complexity index is 885. The van der Waals surface area contributed by atoms with Crippen molar-refractivity contribution < 1.29 is 24.1 Å². The fraction of sp³-hybridized carbons (Fsp3) is 0.480. The van der Waals surface area contributed by atoms with Crippen LogP contribution < -0.4 is 15.4 Å². The van der Waals surface area contributed by atoms with E-state index < -0.39 is 24.3 Å². The number of alkyl halides is 1. The topological polar surface area (TPSA) is 94.1 Å². The molecule has 0 bridgehead atoms. The van der Waals surface area contributed by atoms with E-state index in [9.17, 15) is 19.4 Å². The molecule has 0 unspecified atom stereocenters. The number of nitrogens with one attached hydrogen (secondary N) is 2. The Morgan fingerprint density at radius 3 is 2.56 bits per heavy atom. The molecule has 0 saturated carbocycles. The van der Waals surface area contributed by atoms with E-state index in [0.29, 0.717) is 68.4 Å². The number of aliphatic hydroxyl groups excluding tert-OH is 2. The average Bonchev–Trinajstić information content (AvgIpc) is 3.25. The molecule has 1 fully saturated rings. The quantitative estimate of drug-likeness (QED) is 0.340. The van der Waals surface area contributed by atoms with Gasteiger partial charge < -0.3 is 25.6 Å². The predicted octanol–water partition coefficient (Wildman–Crippen LogP) is 3.44. The number of rotatable bonds is 12. The molecular formula is C25H33ClFN3O4. The maximum Gasteiger partial charge on any atom is 0.315 e. The molecule has 3 rings (SSSR count). The molecule has 2 amide bonds. The van der Waals surface area contributed by atoms with Crippen LogP contribution in [-0.2, 0) is 6.54 Å². The third-order valence-corrected chi connectivity index (χ3v) is 6.04. The summed E-state index contributed by atoms with van der Waals surface area (Å²) in [5.41, 5.74) is 1.54. The van der Waals surface area contributed by atoms with Gasteiger partial charge in [0.15, 0.2) is 0 Å². The number of β-amino-alcohol motifs (C(OH)–C–C–N with tert-alkyl or cyclic N) is 1. The number of benzene rings is 2. The van der Waals surface area contributed by atoms with E-state index in [2.05, 4.69) is 10.6 Å². The van der Waals surface area contributed by atoms with Crippen LogP contribution in [0.25, 0.3) is 0 Å². The van der Waals surface area contributed by atoms with E-state index in [-0.39, 0.29) is 6.67 Å². The third-order valence-electron chi connectivity index (χ3n) is 5.78. The Kier molecular flexibility index (Phi) is 10.4. The molecule has 1 heterocycles. The van der Waals surface area contributed by atoms with Crippen LogP contribution in [0.5, 0.6) is 5.75 Å². The van der Waals surface area contributed by atoms with Crippen molar-refractivity contribution in [3.05, 3.63) is 64.7 Å². The highest BCUT2D eigenvalue weighted by atomic mass is 35.5. The number of likely N-dealkylation sites (tertiary alicyclic amines) is 1. The van der Waals surface area contributed by atoms with Gasteiger partial charge in [0.1, 0.15) is 11.9 Å². The van der Waals surface area contributed by atoms with Crippen LogP contribution in [0.3, 0.4) is 0 Å². The molecule has 1 aliphatic rings. The third kappa shape index (κ3) is 8.43. The first-order valence-electron chi connectivity index (χ1n) is 11.6. The summed E-state index contributed by atoms with van der Waals surface area (Å²) in [5.74, 6) is 0.641.